The molecule has 2 heterocycles. The molecule has 0 aromatic heterocycles. The molecule has 0 radical (unpaired) electrons. The van der Waals surface area contributed by atoms with Gasteiger partial charge in [0.1, 0.15) is 0 Å². The Morgan fingerprint density at radius 2 is 1.27 bits per heavy atom. The third-order valence-corrected chi connectivity index (χ3v) is 4.06. The Hall–Kier alpha value is -1.67. The minimum atomic E-state index is -3.10. The number of benzene rings is 1. The quantitative estimate of drug-likeness (QED) is 0.635. The molecule has 1 aromatic rings. The van der Waals surface area contributed by atoms with Gasteiger partial charge in [-0.25, -0.2) is 0 Å². The van der Waals surface area contributed by atoms with Crippen molar-refractivity contribution in [1.82, 2.24) is 0 Å². The van der Waals surface area contributed by atoms with E-state index in [1.807, 2.05) is 12.1 Å². The van der Waals surface area contributed by atoms with Crippen LogP contribution in [0.25, 0.3) is 0 Å². The van der Waals surface area contributed by atoms with Crippen molar-refractivity contribution in [2.45, 2.75) is 0 Å². The monoisotopic (exact) mass is 224 g/mol. The molecule has 0 N–H and O–H groups in total. The van der Waals surface area contributed by atoms with Crippen LogP contribution in [0.3, 0.4) is 0 Å². The number of rotatable bonds is 0. The first-order chi connectivity index (χ1) is 7.19. The zero-order valence-electron chi connectivity index (χ0n) is 7.86. The summed E-state index contributed by atoms with van der Waals surface area (Å²) in [6.07, 6.45) is 0. The molecular weight excluding hydrogens is 215 g/mol. The summed E-state index contributed by atoms with van der Waals surface area (Å²) in [5.41, 5.74) is 0. The maximum absolute atomic E-state index is 5.55. The summed E-state index contributed by atoms with van der Waals surface area (Å²) < 4.78 is 21.9. The Morgan fingerprint density at radius 3 is 1.73 bits per heavy atom. The second kappa shape index (κ2) is 2.67. The fourth-order valence-corrected chi connectivity index (χ4v) is 3.39. The van der Waals surface area contributed by atoms with Crippen LogP contribution < -0.4 is 9.05 Å². The average Bonchev–Trinajstić information content (AvgIpc) is 2.66. The first kappa shape index (κ1) is 8.62. The van der Waals surface area contributed by atoms with Gasteiger partial charge in [0, 0.05) is 0 Å². The second-order valence-corrected chi connectivity index (χ2v) is 5.02. The van der Waals surface area contributed by atoms with Crippen molar-refractivity contribution in [3.8, 4) is 11.5 Å². The van der Waals surface area contributed by atoms with Gasteiger partial charge in [-0.15, -0.1) is 0 Å². The molecule has 3 rings (SSSR count). The summed E-state index contributed by atoms with van der Waals surface area (Å²) in [6, 6.07) is 7.31. The Balaban J connectivity index is 1.96. The van der Waals surface area contributed by atoms with Crippen molar-refractivity contribution in [2.24, 2.45) is 0 Å². The molecule has 0 aliphatic carbocycles. The van der Waals surface area contributed by atoms with Gasteiger partial charge in [-0.2, -0.15) is 0 Å². The van der Waals surface area contributed by atoms with E-state index in [0.717, 1.165) is 0 Å². The van der Waals surface area contributed by atoms with Gasteiger partial charge in [-0.1, -0.05) is 0 Å². The van der Waals surface area contributed by atoms with E-state index in [2.05, 4.69) is 13.2 Å². The van der Waals surface area contributed by atoms with Gasteiger partial charge in [0.2, 0.25) is 0 Å². The van der Waals surface area contributed by atoms with Crippen LogP contribution in [0.15, 0.2) is 48.9 Å². The standard InChI is InChI=1S/C10H9O4P/c1-7-8(2)12-15(11-7)13-9-5-3-4-6-10(9)14-15/h3-6,15H,1-2H2. The van der Waals surface area contributed by atoms with E-state index in [0.29, 0.717) is 23.0 Å². The molecule has 1 spiro atoms. The predicted octanol–water partition coefficient (Wildman–Crippen LogP) is 2.94. The van der Waals surface area contributed by atoms with Crippen molar-refractivity contribution in [2.75, 3.05) is 0 Å². The molecule has 0 saturated carbocycles. The summed E-state index contributed by atoms with van der Waals surface area (Å²) in [5.74, 6) is 2.00. The molecule has 1 fully saturated rings. The van der Waals surface area contributed by atoms with Crippen LogP contribution in [0.2, 0.25) is 0 Å². The number of fused-ring (bicyclic) bond motifs is 1. The van der Waals surface area contributed by atoms with E-state index < -0.39 is 8.17 Å². The Bertz CT molecular complexity index is 425. The molecule has 4 nitrogen and oxygen atoms in total. The molecule has 5 heteroatoms. The zero-order valence-corrected chi connectivity index (χ0v) is 8.86. The van der Waals surface area contributed by atoms with Crippen LogP contribution in [-0.2, 0) is 9.05 Å². The normalized spacial score (nSPS) is 22.4. The molecule has 0 atom stereocenters. The van der Waals surface area contributed by atoms with Gasteiger partial charge in [0.25, 0.3) is 0 Å². The van der Waals surface area contributed by atoms with Crippen molar-refractivity contribution >= 4 is 8.17 Å². The summed E-state index contributed by atoms with van der Waals surface area (Å²) in [6.45, 7) is 7.29. The first-order valence-electron chi connectivity index (χ1n) is 4.42. The number of hydrogen-bond acceptors (Lipinski definition) is 4. The van der Waals surface area contributed by atoms with Crippen molar-refractivity contribution in [3.63, 3.8) is 0 Å². The van der Waals surface area contributed by atoms with Crippen LogP contribution in [0.5, 0.6) is 11.5 Å². The van der Waals surface area contributed by atoms with Crippen molar-refractivity contribution in [3.05, 3.63) is 48.9 Å². The molecule has 1 saturated heterocycles. The molecule has 0 bridgehead atoms. The molecule has 0 unspecified atom stereocenters. The molecule has 2 aliphatic heterocycles. The van der Waals surface area contributed by atoms with E-state index in [9.17, 15) is 0 Å². The maximum atomic E-state index is 5.55. The fourth-order valence-electron chi connectivity index (χ4n) is 1.43. The second-order valence-electron chi connectivity index (χ2n) is 3.20. The molecule has 1 aromatic carbocycles. The number of hydrogen-bond donors (Lipinski definition) is 0. The van der Waals surface area contributed by atoms with Gasteiger partial charge in [0.15, 0.2) is 0 Å². The van der Waals surface area contributed by atoms with Crippen LogP contribution in [0.4, 0.5) is 0 Å². The van der Waals surface area contributed by atoms with Gasteiger partial charge >= 0.3 is 86.7 Å². The van der Waals surface area contributed by atoms with E-state index in [1.165, 1.54) is 0 Å². The third-order valence-electron chi connectivity index (χ3n) is 2.13. The zero-order chi connectivity index (χ0) is 10.5. The molecular formula is C10H9O4P. The summed E-state index contributed by atoms with van der Waals surface area (Å²) >= 11 is 0. The molecule has 78 valence electrons. The van der Waals surface area contributed by atoms with Gasteiger partial charge in [0.05, 0.1) is 0 Å². The SMILES string of the molecule is C=C1O[PH]2(OC1=C)Oc1ccccc1O2. The topological polar surface area (TPSA) is 36.9 Å². The van der Waals surface area contributed by atoms with E-state index in [1.54, 1.807) is 12.1 Å². The Labute approximate surface area is 87.4 Å². The van der Waals surface area contributed by atoms with E-state index in [-0.39, 0.29) is 0 Å². The molecule has 2 aliphatic rings. The molecule has 0 amide bonds. The van der Waals surface area contributed by atoms with Crippen molar-refractivity contribution in [1.29, 1.82) is 0 Å². The van der Waals surface area contributed by atoms with Crippen LogP contribution in [0, 0.1) is 0 Å². The number of para-hydroxylation sites is 2. The minimum absolute atomic E-state index is 0.370. The average molecular weight is 224 g/mol. The Kier molecular flexibility index (Phi) is 1.54. The fraction of sp³-hybridized carbons (Fsp3) is 0. The third kappa shape index (κ3) is 1.18. The van der Waals surface area contributed by atoms with E-state index in [4.69, 9.17) is 18.1 Å². The first-order valence-corrected chi connectivity index (χ1v) is 6.05. The summed E-state index contributed by atoms with van der Waals surface area (Å²) in [7, 11) is -3.10. The predicted molar refractivity (Wildman–Crippen MR) is 56.5 cm³/mol. The van der Waals surface area contributed by atoms with E-state index >= 15 is 0 Å². The summed E-state index contributed by atoms with van der Waals surface area (Å²) in [5, 5.41) is 0. The van der Waals surface area contributed by atoms with Crippen molar-refractivity contribution < 1.29 is 18.1 Å². The summed E-state index contributed by atoms with van der Waals surface area (Å²) in [4.78, 5) is 0. The van der Waals surface area contributed by atoms with Gasteiger partial charge in [-0.3, -0.25) is 0 Å². The van der Waals surface area contributed by atoms with Crippen LogP contribution >= 0.6 is 8.17 Å². The Morgan fingerprint density at radius 1 is 0.800 bits per heavy atom. The van der Waals surface area contributed by atoms with Crippen LogP contribution in [0.1, 0.15) is 0 Å². The van der Waals surface area contributed by atoms with Gasteiger partial charge in [-0.05, 0) is 0 Å². The molecule has 15 heavy (non-hydrogen) atoms. The van der Waals surface area contributed by atoms with Crippen LogP contribution in [-0.4, -0.2) is 0 Å². The van der Waals surface area contributed by atoms with Gasteiger partial charge < -0.3 is 0 Å².